The molecule has 0 aromatic heterocycles. The van der Waals surface area contributed by atoms with Gasteiger partial charge in [0.1, 0.15) is 6.04 Å². The molecule has 2 fully saturated rings. The van der Waals surface area contributed by atoms with Gasteiger partial charge in [-0.05, 0) is 6.42 Å². The number of likely N-dealkylation sites (tertiary alicyclic amines) is 1. The molecular weight excluding hydrogens is 184 g/mol. The van der Waals surface area contributed by atoms with Gasteiger partial charge in [0, 0.05) is 20.1 Å². The van der Waals surface area contributed by atoms with Gasteiger partial charge in [0.15, 0.2) is 0 Å². The molecule has 2 aliphatic heterocycles. The minimum atomic E-state index is -0.422. The molecule has 2 amide bonds. The first kappa shape index (κ1) is 9.42. The standard InChI is InChI=1S/C8H14N4O2/c1-11-4-6(7(13)10-11)12-3-2-5(9)8(12)14/h5-6H,2-4,9H2,1H3,(H,10,13). The Hall–Kier alpha value is -1.14. The lowest BCUT2D eigenvalue weighted by molar-refractivity contribution is -0.136. The summed E-state index contributed by atoms with van der Waals surface area (Å²) >= 11 is 0. The van der Waals surface area contributed by atoms with E-state index in [1.54, 1.807) is 17.0 Å². The number of rotatable bonds is 1. The van der Waals surface area contributed by atoms with Crippen LogP contribution in [0.5, 0.6) is 0 Å². The largest absolute Gasteiger partial charge is 0.328 e. The molecule has 0 bridgehead atoms. The third kappa shape index (κ3) is 1.36. The van der Waals surface area contributed by atoms with Gasteiger partial charge in [0.2, 0.25) is 5.91 Å². The Morgan fingerprint density at radius 1 is 1.50 bits per heavy atom. The van der Waals surface area contributed by atoms with Gasteiger partial charge in [-0.15, -0.1) is 0 Å². The first-order valence-corrected chi connectivity index (χ1v) is 4.67. The zero-order chi connectivity index (χ0) is 10.3. The quantitative estimate of drug-likeness (QED) is 0.505. The molecule has 78 valence electrons. The van der Waals surface area contributed by atoms with Crippen molar-refractivity contribution in [3.05, 3.63) is 0 Å². The fraction of sp³-hybridized carbons (Fsp3) is 0.750. The van der Waals surface area contributed by atoms with Crippen LogP contribution in [0.15, 0.2) is 0 Å². The number of hydrogen-bond acceptors (Lipinski definition) is 4. The summed E-state index contributed by atoms with van der Waals surface area (Å²) in [6, 6.07) is -0.783. The molecule has 2 saturated heterocycles. The number of carbonyl (C=O) groups excluding carboxylic acids is 2. The van der Waals surface area contributed by atoms with E-state index in [1.165, 1.54) is 0 Å². The van der Waals surface area contributed by atoms with Crippen molar-refractivity contribution >= 4 is 11.8 Å². The Bertz CT molecular complexity index is 281. The molecule has 2 heterocycles. The van der Waals surface area contributed by atoms with Gasteiger partial charge in [0.25, 0.3) is 5.91 Å². The predicted molar refractivity (Wildman–Crippen MR) is 48.9 cm³/mol. The van der Waals surface area contributed by atoms with Crippen molar-refractivity contribution in [2.24, 2.45) is 5.73 Å². The van der Waals surface area contributed by atoms with E-state index in [4.69, 9.17) is 5.73 Å². The molecule has 0 aliphatic carbocycles. The van der Waals surface area contributed by atoms with E-state index < -0.39 is 6.04 Å². The summed E-state index contributed by atoms with van der Waals surface area (Å²) in [6.07, 6.45) is 0.645. The molecule has 0 saturated carbocycles. The van der Waals surface area contributed by atoms with E-state index >= 15 is 0 Å². The second-order valence-corrected chi connectivity index (χ2v) is 3.80. The number of likely N-dealkylation sites (N-methyl/N-ethyl adjacent to an activating group) is 1. The molecule has 2 aliphatic rings. The molecule has 6 heteroatoms. The van der Waals surface area contributed by atoms with Gasteiger partial charge in [-0.2, -0.15) is 0 Å². The van der Waals surface area contributed by atoms with Crippen LogP contribution in [-0.4, -0.2) is 53.9 Å². The number of nitrogens with one attached hydrogen (secondary N) is 1. The van der Waals surface area contributed by atoms with Crippen LogP contribution < -0.4 is 11.2 Å². The van der Waals surface area contributed by atoms with Crippen molar-refractivity contribution in [1.82, 2.24) is 15.3 Å². The topological polar surface area (TPSA) is 78.7 Å². The maximum absolute atomic E-state index is 11.5. The minimum absolute atomic E-state index is 0.111. The molecule has 2 rings (SSSR count). The molecule has 6 nitrogen and oxygen atoms in total. The highest BCUT2D eigenvalue weighted by atomic mass is 16.2. The summed E-state index contributed by atoms with van der Waals surface area (Å²) in [5, 5.41) is 1.68. The number of nitrogens with zero attached hydrogens (tertiary/aromatic N) is 2. The van der Waals surface area contributed by atoms with Gasteiger partial charge in [0.05, 0.1) is 6.04 Å². The predicted octanol–water partition coefficient (Wildman–Crippen LogP) is -2.11. The summed E-state index contributed by atoms with van der Waals surface area (Å²) in [6.45, 7) is 1.13. The lowest BCUT2D eigenvalue weighted by Crippen LogP contribution is -2.45. The SMILES string of the molecule is CN1CC(N2CCC(N)C2=O)C(=O)N1. The van der Waals surface area contributed by atoms with Crippen molar-refractivity contribution in [2.45, 2.75) is 18.5 Å². The van der Waals surface area contributed by atoms with E-state index in [9.17, 15) is 9.59 Å². The maximum atomic E-state index is 11.5. The van der Waals surface area contributed by atoms with Crippen molar-refractivity contribution in [3.8, 4) is 0 Å². The highest BCUT2D eigenvalue weighted by molar-refractivity contribution is 5.91. The third-order valence-corrected chi connectivity index (χ3v) is 2.71. The number of amides is 2. The normalized spacial score (nSPS) is 34.0. The van der Waals surface area contributed by atoms with Crippen LogP contribution in [0.25, 0.3) is 0 Å². The van der Waals surface area contributed by atoms with Crippen LogP contribution in [0, 0.1) is 0 Å². The van der Waals surface area contributed by atoms with Crippen LogP contribution >= 0.6 is 0 Å². The number of hydrogen-bond donors (Lipinski definition) is 2. The van der Waals surface area contributed by atoms with E-state index in [0.29, 0.717) is 19.5 Å². The molecule has 3 N–H and O–H groups in total. The molecule has 2 atom stereocenters. The summed E-state index contributed by atoms with van der Waals surface area (Å²) in [5.41, 5.74) is 8.22. The average molecular weight is 198 g/mol. The molecule has 0 aromatic carbocycles. The van der Waals surface area contributed by atoms with Crippen LogP contribution in [0.1, 0.15) is 6.42 Å². The number of hydrazine groups is 1. The van der Waals surface area contributed by atoms with Crippen molar-refractivity contribution in [1.29, 1.82) is 0 Å². The monoisotopic (exact) mass is 198 g/mol. The molecule has 2 unspecified atom stereocenters. The first-order chi connectivity index (χ1) is 6.59. The number of nitrogens with two attached hydrogens (primary N) is 1. The van der Waals surface area contributed by atoms with Gasteiger partial charge in [-0.25, -0.2) is 5.01 Å². The van der Waals surface area contributed by atoms with Crippen molar-refractivity contribution in [2.75, 3.05) is 20.1 Å². The van der Waals surface area contributed by atoms with E-state index in [2.05, 4.69) is 5.43 Å². The lowest BCUT2D eigenvalue weighted by atomic mass is 10.2. The Morgan fingerprint density at radius 2 is 2.21 bits per heavy atom. The highest BCUT2D eigenvalue weighted by Gasteiger charge is 2.40. The zero-order valence-corrected chi connectivity index (χ0v) is 8.06. The molecule has 14 heavy (non-hydrogen) atoms. The van der Waals surface area contributed by atoms with Crippen LogP contribution in [0.2, 0.25) is 0 Å². The molecule has 0 spiro atoms. The smallest absolute Gasteiger partial charge is 0.258 e. The van der Waals surface area contributed by atoms with E-state index in [-0.39, 0.29) is 17.9 Å². The van der Waals surface area contributed by atoms with Gasteiger partial charge in [-0.3, -0.25) is 15.0 Å². The Morgan fingerprint density at radius 3 is 2.64 bits per heavy atom. The van der Waals surface area contributed by atoms with Crippen LogP contribution in [0.3, 0.4) is 0 Å². The Balaban J connectivity index is 2.09. The second-order valence-electron chi connectivity index (χ2n) is 3.80. The Kier molecular flexibility index (Phi) is 2.16. The fourth-order valence-corrected chi connectivity index (χ4v) is 1.92. The van der Waals surface area contributed by atoms with Gasteiger partial charge >= 0.3 is 0 Å². The van der Waals surface area contributed by atoms with Gasteiger partial charge < -0.3 is 10.6 Å². The summed E-state index contributed by atoms with van der Waals surface area (Å²) < 4.78 is 0. The third-order valence-electron chi connectivity index (χ3n) is 2.71. The average Bonchev–Trinajstić information content (AvgIpc) is 2.59. The van der Waals surface area contributed by atoms with Crippen molar-refractivity contribution in [3.63, 3.8) is 0 Å². The second kappa shape index (κ2) is 3.21. The Labute approximate surface area is 82.0 Å². The molecule has 0 radical (unpaired) electrons. The lowest BCUT2D eigenvalue weighted by Gasteiger charge is -2.20. The van der Waals surface area contributed by atoms with Crippen LogP contribution in [-0.2, 0) is 9.59 Å². The summed E-state index contributed by atoms with van der Waals surface area (Å²) in [4.78, 5) is 24.6. The van der Waals surface area contributed by atoms with Crippen LogP contribution in [0.4, 0.5) is 0 Å². The molecule has 0 aromatic rings. The maximum Gasteiger partial charge on any atom is 0.258 e. The first-order valence-electron chi connectivity index (χ1n) is 4.67. The van der Waals surface area contributed by atoms with Gasteiger partial charge in [-0.1, -0.05) is 0 Å². The molecular formula is C8H14N4O2. The zero-order valence-electron chi connectivity index (χ0n) is 8.06. The summed E-state index contributed by atoms with van der Waals surface area (Å²) in [7, 11) is 1.78. The fourth-order valence-electron chi connectivity index (χ4n) is 1.92. The highest BCUT2D eigenvalue weighted by Crippen LogP contribution is 2.16. The summed E-state index contributed by atoms with van der Waals surface area (Å²) in [5.74, 6) is -0.226. The van der Waals surface area contributed by atoms with E-state index in [1.807, 2.05) is 0 Å². The minimum Gasteiger partial charge on any atom is -0.328 e. The van der Waals surface area contributed by atoms with Crippen molar-refractivity contribution < 1.29 is 9.59 Å². The van der Waals surface area contributed by atoms with E-state index in [0.717, 1.165) is 0 Å². The number of carbonyl (C=O) groups is 2.